The van der Waals surface area contributed by atoms with Crippen LogP contribution in [-0.4, -0.2) is 39.0 Å². The zero-order valence-corrected chi connectivity index (χ0v) is 18.0. The number of nitrogens with zero attached hydrogens (tertiary/aromatic N) is 2. The van der Waals surface area contributed by atoms with E-state index in [1.54, 1.807) is 0 Å². The normalized spacial score (nSPS) is 25.3. The molecule has 1 atom stereocenters. The highest BCUT2D eigenvalue weighted by molar-refractivity contribution is 8.77. The van der Waals surface area contributed by atoms with E-state index >= 15 is 0 Å². The number of hydrogen-bond acceptors (Lipinski definition) is 6. The Morgan fingerprint density at radius 1 is 1.15 bits per heavy atom. The quantitative estimate of drug-likeness (QED) is 0.499. The first-order valence-corrected chi connectivity index (χ1v) is 12.5. The van der Waals surface area contributed by atoms with Crippen LogP contribution in [0.3, 0.4) is 0 Å². The van der Waals surface area contributed by atoms with Gasteiger partial charge in [-0.15, -0.1) is 0 Å². The molecule has 3 rings (SSSR count). The number of aryl methyl sites for hydroxylation is 2. The van der Waals surface area contributed by atoms with Gasteiger partial charge in [0.2, 0.25) is 5.91 Å². The molecule has 0 spiro atoms. The van der Waals surface area contributed by atoms with Crippen LogP contribution in [0.15, 0.2) is 6.07 Å². The Morgan fingerprint density at radius 2 is 1.89 bits per heavy atom. The van der Waals surface area contributed by atoms with Crippen LogP contribution in [0.2, 0.25) is 0 Å². The molecule has 0 aromatic carbocycles. The minimum Gasteiger partial charge on any atom is -0.460 e. The predicted molar refractivity (Wildman–Crippen MR) is 113 cm³/mol. The van der Waals surface area contributed by atoms with Crippen molar-refractivity contribution in [3.05, 3.63) is 17.5 Å². The number of aromatic nitrogens is 2. The SMILES string of the molecule is Cc1cc(C)nc(OC2CCC(NC(=O)CCCCC3CCSS3)CC2)n1. The van der Waals surface area contributed by atoms with Gasteiger partial charge in [0.05, 0.1) is 0 Å². The van der Waals surface area contributed by atoms with E-state index in [0.717, 1.165) is 48.7 Å². The van der Waals surface area contributed by atoms with Gasteiger partial charge in [-0.1, -0.05) is 28.0 Å². The highest BCUT2D eigenvalue weighted by Crippen LogP contribution is 2.39. The fraction of sp³-hybridized carbons (Fsp3) is 0.750. The van der Waals surface area contributed by atoms with Crippen LogP contribution in [-0.2, 0) is 4.79 Å². The molecule has 150 valence electrons. The van der Waals surface area contributed by atoms with Gasteiger partial charge in [0.1, 0.15) is 6.10 Å². The molecule has 0 radical (unpaired) electrons. The minimum atomic E-state index is 0.154. The van der Waals surface area contributed by atoms with E-state index in [2.05, 4.69) is 15.3 Å². The van der Waals surface area contributed by atoms with E-state index in [1.807, 2.05) is 41.5 Å². The smallest absolute Gasteiger partial charge is 0.317 e. The molecular weight excluding hydrogens is 378 g/mol. The van der Waals surface area contributed by atoms with Crippen molar-refractivity contribution in [2.24, 2.45) is 0 Å². The number of hydrogen-bond donors (Lipinski definition) is 1. The second-order valence-corrected chi connectivity index (χ2v) is 10.5. The molecule has 1 saturated heterocycles. The lowest BCUT2D eigenvalue weighted by atomic mass is 9.93. The maximum Gasteiger partial charge on any atom is 0.317 e. The lowest BCUT2D eigenvalue weighted by Crippen LogP contribution is -2.39. The third-order valence-corrected chi connectivity index (χ3v) is 8.19. The topological polar surface area (TPSA) is 64.1 Å². The molecular formula is C20H31N3O2S2. The average Bonchev–Trinajstić information content (AvgIpc) is 3.13. The molecule has 1 aromatic heterocycles. The van der Waals surface area contributed by atoms with Crippen molar-refractivity contribution in [3.63, 3.8) is 0 Å². The van der Waals surface area contributed by atoms with E-state index < -0.39 is 0 Å². The van der Waals surface area contributed by atoms with Crippen LogP contribution in [0.25, 0.3) is 0 Å². The predicted octanol–water partition coefficient (Wildman–Crippen LogP) is 4.61. The number of nitrogens with one attached hydrogen (secondary N) is 1. The molecule has 1 unspecified atom stereocenters. The molecule has 1 aliphatic heterocycles. The molecule has 2 aliphatic rings. The van der Waals surface area contributed by atoms with E-state index in [0.29, 0.717) is 18.5 Å². The van der Waals surface area contributed by atoms with Gasteiger partial charge in [0, 0.05) is 34.9 Å². The molecule has 2 fully saturated rings. The third kappa shape index (κ3) is 7.18. The fourth-order valence-electron chi connectivity index (χ4n) is 3.74. The Kier molecular flexibility index (Phi) is 8.12. The molecule has 1 aliphatic carbocycles. The monoisotopic (exact) mass is 409 g/mol. The maximum absolute atomic E-state index is 12.2. The third-order valence-electron chi connectivity index (χ3n) is 5.18. The molecule has 1 saturated carbocycles. The van der Waals surface area contributed by atoms with Gasteiger partial charge in [-0.25, -0.2) is 9.97 Å². The summed E-state index contributed by atoms with van der Waals surface area (Å²) in [4.78, 5) is 20.9. The lowest BCUT2D eigenvalue weighted by molar-refractivity contribution is -0.122. The highest BCUT2D eigenvalue weighted by Gasteiger charge is 2.24. The molecule has 1 N–H and O–H groups in total. The molecule has 27 heavy (non-hydrogen) atoms. The lowest BCUT2D eigenvalue weighted by Gasteiger charge is -2.29. The van der Waals surface area contributed by atoms with Gasteiger partial charge >= 0.3 is 6.01 Å². The summed E-state index contributed by atoms with van der Waals surface area (Å²) in [6.45, 7) is 3.92. The van der Waals surface area contributed by atoms with Crippen LogP contribution >= 0.6 is 21.6 Å². The van der Waals surface area contributed by atoms with E-state index in [9.17, 15) is 4.79 Å². The second-order valence-electron chi connectivity index (χ2n) is 7.67. The van der Waals surface area contributed by atoms with E-state index in [1.165, 1.54) is 25.0 Å². The Balaban J connectivity index is 1.30. The molecule has 0 bridgehead atoms. The van der Waals surface area contributed by atoms with E-state index in [-0.39, 0.29) is 12.0 Å². The first-order chi connectivity index (χ1) is 13.1. The summed E-state index contributed by atoms with van der Waals surface area (Å²) < 4.78 is 5.96. The van der Waals surface area contributed by atoms with Gasteiger partial charge in [0.15, 0.2) is 0 Å². The number of unbranched alkanes of at least 4 members (excludes halogenated alkanes) is 1. The Bertz CT molecular complexity index is 595. The van der Waals surface area contributed by atoms with Gasteiger partial charge in [0.25, 0.3) is 0 Å². The van der Waals surface area contributed by atoms with Gasteiger partial charge in [-0.3, -0.25) is 4.79 Å². The highest BCUT2D eigenvalue weighted by atomic mass is 33.1. The fourth-order valence-corrected chi connectivity index (χ4v) is 6.77. The summed E-state index contributed by atoms with van der Waals surface area (Å²) in [6.07, 6.45) is 9.41. The second kappa shape index (κ2) is 10.6. The van der Waals surface area contributed by atoms with Gasteiger partial charge in [-0.05, 0) is 64.9 Å². The molecule has 1 amide bonds. The number of amides is 1. The summed E-state index contributed by atoms with van der Waals surface area (Å²) in [6, 6.07) is 2.73. The van der Waals surface area contributed by atoms with Crippen LogP contribution in [0.4, 0.5) is 0 Å². The van der Waals surface area contributed by atoms with E-state index in [4.69, 9.17) is 4.74 Å². The molecule has 2 heterocycles. The number of carbonyl (C=O) groups excluding carboxylic acids is 1. The first kappa shape index (κ1) is 20.8. The van der Waals surface area contributed by atoms with Crippen molar-refractivity contribution < 1.29 is 9.53 Å². The van der Waals surface area contributed by atoms with Crippen molar-refractivity contribution in [2.75, 3.05) is 5.75 Å². The summed E-state index contributed by atoms with van der Waals surface area (Å²) in [7, 11) is 4.02. The number of rotatable bonds is 8. The van der Waals surface area contributed by atoms with Crippen LogP contribution in [0.5, 0.6) is 6.01 Å². The van der Waals surface area contributed by atoms with Crippen molar-refractivity contribution >= 4 is 27.5 Å². The molecule has 5 nitrogen and oxygen atoms in total. The average molecular weight is 410 g/mol. The Morgan fingerprint density at radius 3 is 2.56 bits per heavy atom. The van der Waals surface area contributed by atoms with Crippen LogP contribution in [0.1, 0.15) is 69.2 Å². The van der Waals surface area contributed by atoms with Crippen molar-refractivity contribution in [1.29, 1.82) is 0 Å². The summed E-state index contributed by atoms with van der Waals surface area (Å²) >= 11 is 0. The van der Waals surface area contributed by atoms with Gasteiger partial charge < -0.3 is 10.1 Å². The summed E-state index contributed by atoms with van der Waals surface area (Å²) in [5.41, 5.74) is 1.87. The van der Waals surface area contributed by atoms with Crippen molar-refractivity contribution in [1.82, 2.24) is 15.3 Å². The first-order valence-electron chi connectivity index (χ1n) is 10.1. The largest absolute Gasteiger partial charge is 0.460 e. The van der Waals surface area contributed by atoms with Gasteiger partial charge in [-0.2, -0.15) is 0 Å². The summed E-state index contributed by atoms with van der Waals surface area (Å²) in [5.74, 6) is 1.50. The molecule has 1 aromatic rings. The van der Waals surface area contributed by atoms with Crippen LogP contribution < -0.4 is 10.1 Å². The number of carbonyl (C=O) groups is 1. The zero-order chi connectivity index (χ0) is 19.1. The molecule has 7 heteroatoms. The van der Waals surface area contributed by atoms with Crippen molar-refractivity contribution in [2.45, 2.75) is 89.0 Å². The zero-order valence-electron chi connectivity index (χ0n) is 16.4. The number of ether oxygens (including phenoxy) is 1. The summed E-state index contributed by atoms with van der Waals surface area (Å²) in [5, 5.41) is 4.03. The van der Waals surface area contributed by atoms with Crippen molar-refractivity contribution in [3.8, 4) is 6.01 Å². The Labute approximate surface area is 170 Å². The Hall–Kier alpha value is -0.950. The standard InChI is InChI=1S/C20H31N3O2S2/c1-14-13-15(2)22-20(21-14)25-17-9-7-16(8-10-17)23-19(24)6-4-3-5-18-11-12-26-27-18/h13,16-18H,3-12H2,1-2H3,(H,23,24). The minimum absolute atomic E-state index is 0.154. The maximum atomic E-state index is 12.2. The van der Waals surface area contributed by atoms with Crippen LogP contribution in [0, 0.1) is 13.8 Å².